The highest BCUT2D eigenvalue weighted by atomic mass is 79.9. The zero-order valence-electron chi connectivity index (χ0n) is 13.6. The molecule has 2 aromatic rings. The zero-order valence-corrected chi connectivity index (χ0v) is 15.2. The van der Waals surface area contributed by atoms with Crippen molar-refractivity contribution in [3.8, 4) is 0 Å². The highest BCUT2D eigenvalue weighted by molar-refractivity contribution is 9.10. The number of aryl methyl sites for hydroxylation is 2. The van der Waals surface area contributed by atoms with E-state index in [9.17, 15) is 0 Å². The first-order chi connectivity index (χ1) is 9.81. The summed E-state index contributed by atoms with van der Waals surface area (Å²) >= 11 is 3.67. The van der Waals surface area contributed by atoms with Crippen LogP contribution < -0.4 is 5.32 Å². The maximum atomic E-state index is 4.56. The molecule has 1 N–H and O–H groups in total. The third-order valence-electron chi connectivity index (χ3n) is 3.50. The van der Waals surface area contributed by atoms with E-state index in [-0.39, 0.29) is 5.54 Å². The molecule has 116 valence electrons. The first-order valence-electron chi connectivity index (χ1n) is 7.42. The van der Waals surface area contributed by atoms with Gasteiger partial charge in [0.05, 0.1) is 22.4 Å². The zero-order chi connectivity index (χ0) is 15.6. The Bertz CT molecular complexity index is 604. The van der Waals surface area contributed by atoms with E-state index >= 15 is 0 Å². The van der Waals surface area contributed by atoms with Crippen molar-refractivity contribution in [3.05, 3.63) is 39.9 Å². The highest BCUT2D eigenvalue weighted by Crippen LogP contribution is 2.22. The van der Waals surface area contributed by atoms with Crippen LogP contribution in [0.2, 0.25) is 0 Å². The van der Waals surface area contributed by atoms with Gasteiger partial charge in [0.25, 0.3) is 0 Å². The number of halogens is 1. The first-order valence-corrected chi connectivity index (χ1v) is 8.22. The van der Waals surface area contributed by atoms with Gasteiger partial charge in [0.1, 0.15) is 0 Å². The average molecular weight is 353 g/mol. The van der Waals surface area contributed by atoms with Crippen molar-refractivity contribution in [3.63, 3.8) is 0 Å². The van der Waals surface area contributed by atoms with Crippen LogP contribution in [0.25, 0.3) is 0 Å². The van der Waals surface area contributed by atoms with Crippen LogP contribution in [0, 0.1) is 6.92 Å². The van der Waals surface area contributed by atoms with Crippen LogP contribution in [0.4, 0.5) is 0 Å². The molecule has 0 aliphatic heterocycles. The fraction of sp³-hybridized carbons (Fsp3) is 0.562. The van der Waals surface area contributed by atoms with E-state index in [0.29, 0.717) is 0 Å². The van der Waals surface area contributed by atoms with Gasteiger partial charge in [-0.1, -0.05) is 0 Å². The van der Waals surface area contributed by atoms with Crippen molar-refractivity contribution >= 4 is 15.9 Å². The molecule has 0 unspecified atom stereocenters. The predicted octanol–water partition coefficient (Wildman–Crippen LogP) is 3.71. The van der Waals surface area contributed by atoms with Crippen LogP contribution in [0.3, 0.4) is 0 Å². The largest absolute Gasteiger partial charge is 0.344 e. The Morgan fingerprint density at radius 1 is 1.33 bits per heavy atom. The Morgan fingerprint density at radius 3 is 2.67 bits per heavy atom. The van der Waals surface area contributed by atoms with E-state index in [0.717, 1.165) is 29.8 Å². The second-order valence-corrected chi connectivity index (χ2v) is 7.19. The Balaban J connectivity index is 2.19. The molecule has 0 bridgehead atoms. The molecule has 0 amide bonds. The summed E-state index contributed by atoms with van der Waals surface area (Å²) in [7, 11) is 0. The topological polar surface area (TPSA) is 34.8 Å². The van der Waals surface area contributed by atoms with Crippen LogP contribution >= 0.6 is 15.9 Å². The number of hydrogen-bond acceptors (Lipinski definition) is 2. The molecule has 0 saturated heterocycles. The van der Waals surface area contributed by atoms with Crippen LogP contribution in [-0.4, -0.2) is 19.9 Å². The summed E-state index contributed by atoms with van der Waals surface area (Å²) in [6.07, 6.45) is 2.13. The van der Waals surface area contributed by atoms with Crippen molar-refractivity contribution in [2.24, 2.45) is 0 Å². The lowest BCUT2D eigenvalue weighted by Gasteiger charge is -2.21. The minimum absolute atomic E-state index is 0.122. The van der Waals surface area contributed by atoms with Crippen LogP contribution in [0.15, 0.2) is 22.8 Å². The Hall–Kier alpha value is -1.07. The number of nitrogens with one attached hydrogen (secondary N) is 1. The molecular formula is C16H25BrN4. The van der Waals surface area contributed by atoms with Crippen LogP contribution in [0.1, 0.15) is 44.8 Å². The summed E-state index contributed by atoms with van der Waals surface area (Å²) in [6.45, 7) is 13.3. The van der Waals surface area contributed by atoms with E-state index in [2.05, 4.69) is 81.6 Å². The Labute approximate surface area is 135 Å². The summed E-state index contributed by atoms with van der Waals surface area (Å²) in [6, 6.07) is 4.28. The number of hydrogen-bond donors (Lipinski definition) is 1. The van der Waals surface area contributed by atoms with Gasteiger partial charge in [-0.2, -0.15) is 5.10 Å². The maximum absolute atomic E-state index is 4.56. The molecule has 2 aromatic heterocycles. The summed E-state index contributed by atoms with van der Waals surface area (Å²) in [4.78, 5) is 0. The SMILES string of the molecule is CCn1nc(C)c(Br)c1Cn1cccc1CNC(C)(C)C. The van der Waals surface area contributed by atoms with Crippen molar-refractivity contribution < 1.29 is 0 Å². The second-order valence-electron chi connectivity index (χ2n) is 6.39. The number of aromatic nitrogens is 3. The lowest BCUT2D eigenvalue weighted by atomic mass is 10.1. The average Bonchev–Trinajstić information content (AvgIpc) is 2.95. The monoisotopic (exact) mass is 352 g/mol. The molecule has 0 fully saturated rings. The van der Waals surface area contributed by atoms with Gasteiger partial charge in [0.15, 0.2) is 0 Å². The molecular weight excluding hydrogens is 328 g/mol. The highest BCUT2D eigenvalue weighted by Gasteiger charge is 2.14. The van der Waals surface area contributed by atoms with Gasteiger partial charge < -0.3 is 9.88 Å². The molecule has 2 heterocycles. The van der Waals surface area contributed by atoms with Crippen LogP contribution in [0.5, 0.6) is 0 Å². The quantitative estimate of drug-likeness (QED) is 0.889. The second kappa shape index (κ2) is 6.36. The summed E-state index contributed by atoms with van der Waals surface area (Å²) in [5, 5.41) is 8.11. The van der Waals surface area contributed by atoms with E-state index < -0.39 is 0 Å². The van der Waals surface area contributed by atoms with Gasteiger partial charge in [-0.25, -0.2) is 0 Å². The Kier molecular flexibility index (Phi) is 4.94. The molecule has 0 spiro atoms. The van der Waals surface area contributed by atoms with E-state index in [1.54, 1.807) is 0 Å². The minimum atomic E-state index is 0.122. The molecule has 0 radical (unpaired) electrons. The predicted molar refractivity (Wildman–Crippen MR) is 90.5 cm³/mol. The third kappa shape index (κ3) is 3.98. The summed E-state index contributed by atoms with van der Waals surface area (Å²) in [5.41, 5.74) is 3.69. The van der Waals surface area contributed by atoms with E-state index in [1.165, 1.54) is 11.4 Å². The molecule has 0 atom stereocenters. The lowest BCUT2D eigenvalue weighted by molar-refractivity contribution is 0.416. The smallest absolute Gasteiger partial charge is 0.0739 e. The maximum Gasteiger partial charge on any atom is 0.0739 e. The molecule has 0 saturated carbocycles. The summed E-state index contributed by atoms with van der Waals surface area (Å²) < 4.78 is 5.47. The number of nitrogens with zero attached hydrogens (tertiary/aromatic N) is 3. The fourth-order valence-corrected chi connectivity index (χ4v) is 2.71. The molecule has 21 heavy (non-hydrogen) atoms. The van der Waals surface area contributed by atoms with Crippen LogP contribution in [-0.2, 0) is 19.6 Å². The van der Waals surface area contributed by atoms with Crippen molar-refractivity contribution in [2.75, 3.05) is 0 Å². The third-order valence-corrected chi connectivity index (χ3v) is 4.53. The Morgan fingerprint density at radius 2 is 2.05 bits per heavy atom. The lowest BCUT2D eigenvalue weighted by Crippen LogP contribution is -2.35. The van der Waals surface area contributed by atoms with Gasteiger partial charge >= 0.3 is 0 Å². The first kappa shape index (κ1) is 16.3. The van der Waals surface area contributed by atoms with E-state index in [4.69, 9.17) is 0 Å². The van der Waals surface area contributed by atoms with Gasteiger partial charge in [-0.3, -0.25) is 4.68 Å². The molecule has 5 heteroatoms. The number of rotatable bonds is 5. The fourth-order valence-electron chi connectivity index (χ4n) is 2.30. The van der Waals surface area contributed by atoms with Gasteiger partial charge in [0, 0.05) is 30.5 Å². The standard InChI is InChI=1S/C16H25BrN4/c1-6-21-14(15(17)12(2)19-21)11-20-9-7-8-13(20)10-18-16(3,4)5/h7-9,18H,6,10-11H2,1-5H3. The normalized spacial score (nSPS) is 12.1. The molecule has 2 rings (SSSR count). The molecule has 0 aliphatic rings. The minimum Gasteiger partial charge on any atom is -0.344 e. The molecule has 4 nitrogen and oxygen atoms in total. The van der Waals surface area contributed by atoms with Crippen molar-refractivity contribution in [2.45, 2.75) is 59.8 Å². The summed E-state index contributed by atoms with van der Waals surface area (Å²) in [5.74, 6) is 0. The van der Waals surface area contributed by atoms with Gasteiger partial charge in [-0.05, 0) is 62.7 Å². The van der Waals surface area contributed by atoms with Gasteiger partial charge in [-0.15, -0.1) is 0 Å². The van der Waals surface area contributed by atoms with E-state index in [1.807, 2.05) is 6.92 Å². The molecule has 0 aromatic carbocycles. The molecule has 0 aliphatic carbocycles. The van der Waals surface area contributed by atoms with Crippen molar-refractivity contribution in [1.82, 2.24) is 19.7 Å². The van der Waals surface area contributed by atoms with Crippen molar-refractivity contribution in [1.29, 1.82) is 0 Å². The van der Waals surface area contributed by atoms with Gasteiger partial charge in [0.2, 0.25) is 0 Å².